The summed E-state index contributed by atoms with van der Waals surface area (Å²) in [5.41, 5.74) is -0.819. The Bertz CT molecular complexity index is 314. The van der Waals surface area contributed by atoms with Crippen LogP contribution in [0.4, 0.5) is 4.79 Å². The van der Waals surface area contributed by atoms with Gasteiger partial charge in [-0.25, -0.2) is 4.79 Å². The molecule has 0 aromatic carbocycles. The van der Waals surface area contributed by atoms with Crippen LogP contribution in [-0.4, -0.2) is 49.7 Å². The lowest BCUT2D eigenvalue weighted by molar-refractivity contribution is -0.120. The lowest BCUT2D eigenvalue weighted by atomic mass is 9.77. The van der Waals surface area contributed by atoms with Crippen LogP contribution in [0.3, 0.4) is 0 Å². The van der Waals surface area contributed by atoms with E-state index < -0.39 is 5.60 Å². The third-order valence-electron chi connectivity index (χ3n) is 3.46. The molecule has 0 atom stereocenters. The van der Waals surface area contributed by atoms with Gasteiger partial charge in [0.1, 0.15) is 11.9 Å². The molecule has 110 valence electrons. The maximum Gasteiger partial charge on any atom is 0.410 e. The monoisotopic (exact) mass is 271 g/mol. The summed E-state index contributed by atoms with van der Waals surface area (Å²) in [5.74, 6) is 0. The third kappa shape index (κ3) is 4.82. The minimum absolute atomic E-state index is 0.293. The largest absolute Gasteiger partial charge is 0.444 e. The van der Waals surface area contributed by atoms with E-state index >= 15 is 0 Å². The topological polar surface area (TPSA) is 55.8 Å². The normalized spacial score (nSPS) is 19.1. The van der Waals surface area contributed by atoms with Gasteiger partial charge in [0, 0.05) is 32.2 Å². The quantitative estimate of drug-likeness (QED) is 0.736. The van der Waals surface area contributed by atoms with Gasteiger partial charge in [0.25, 0.3) is 0 Å². The van der Waals surface area contributed by atoms with Crippen molar-refractivity contribution in [3.8, 4) is 0 Å². The van der Waals surface area contributed by atoms with Gasteiger partial charge in [0.15, 0.2) is 0 Å². The van der Waals surface area contributed by atoms with Crippen LogP contribution in [0.1, 0.15) is 40.0 Å². The second kappa shape index (κ2) is 6.37. The zero-order valence-electron chi connectivity index (χ0n) is 12.4. The molecule has 1 aliphatic heterocycles. The van der Waals surface area contributed by atoms with E-state index in [4.69, 9.17) is 9.47 Å². The van der Waals surface area contributed by atoms with Gasteiger partial charge in [-0.1, -0.05) is 0 Å². The van der Waals surface area contributed by atoms with Gasteiger partial charge >= 0.3 is 6.09 Å². The summed E-state index contributed by atoms with van der Waals surface area (Å²) in [6.07, 6.45) is 2.81. The fourth-order valence-corrected chi connectivity index (χ4v) is 2.19. The Balaban J connectivity index is 2.51. The van der Waals surface area contributed by atoms with Crippen molar-refractivity contribution >= 4 is 12.4 Å². The van der Waals surface area contributed by atoms with E-state index in [9.17, 15) is 9.59 Å². The van der Waals surface area contributed by atoms with Gasteiger partial charge in [0.2, 0.25) is 0 Å². The Morgan fingerprint density at radius 2 is 1.89 bits per heavy atom. The molecule has 0 saturated carbocycles. The zero-order valence-corrected chi connectivity index (χ0v) is 12.4. The van der Waals surface area contributed by atoms with E-state index in [1.807, 2.05) is 20.8 Å². The van der Waals surface area contributed by atoms with Gasteiger partial charge in [-0.3, -0.25) is 0 Å². The molecule has 0 unspecified atom stereocenters. The molecule has 1 amide bonds. The average molecular weight is 271 g/mol. The number of piperidine rings is 1. The van der Waals surface area contributed by atoms with E-state index in [1.54, 1.807) is 12.0 Å². The van der Waals surface area contributed by atoms with Crippen molar-refractivity contribution in [3.05, 3.63) is 0 Å². The molecular formula is C14H25NO4. The van der Waals surface area contributed by atoms with E-state index in [0.717, 1.165) is 12.7 Å². The molecule has 0 spiro atoms. The maximum absolute atomic E-state index is 11.9. The number of nitrogens with zero attached hydrogens (tertiary/aromatic N) is 1. The van der Waals surface area contributed by atoms with Crippen molar-refractivity contribution in [1.29, 1.82) is 0 Å². The van der Waals surface area contributed by atoms with E-state index in [1.165, 1.54) is 0 Å². The van der Waals surface area contributed by atoms with E-state index in [2.05, 4.69) is 0 Å². The number of aldehydes is 1. The highest BCUT2D eigenvalue weighted by atomic mass is 16.6. The van der Waals surface area contributed by atoms with Crippen LogP contribution < -0.4 is 0 Å². The molecular weight excluding hydrogens is 246 g/mol. The molecule has 0 aromatic heterocycles. The molecule has 0 N–H and O–H groups in total. The number of carbonyl (C=O) groups excluding carboxylic acids is 2. The van der Waals surface area contributed by atoms with Crippen LogP contribution in [-0.2, 0) is 14.3 Å². The number of ether oxygens (including phenoxy) is 2. The Labute approximate surface area is 115 Å². The van der Waals surface area contributed by atoms with Crippen molar-refractivity contribution in [2.45, 2.75) is 45.6 Å². The Hall–Kier alpha value is -1.10. The highest BCUT2D eigenvalue weighted by molar-refractivity contribution is 5.69. The molecule has 5 heteroatoms. The number of hydrogen-bond donors (Lipinski definition) is 0. The van der Waals surface area contributed by atoms with Gasteiger partial charge < -0.3 is 19.2 Å². The number of likely N-dealkylation sites (tertiary alicyclic amines) is 1. The highest BCUT2D eigenvalue weighted by Gasteiger charge is 2.36. The van der Waals surface area contributed by atoms with Gasteiger partial charge in [0.05, 0.1) is 0 Å². The summed E-state index contributed by atoms with van der Waals surface area (Å²) in [7, 11) is 1.63. The molecule has 1 heterocycles. The lowest BCUT2D eigenvalue weighted by Crippen LogP contribution is -2.46. The molecule has 1 saturated heterocycles. The van der Waals surface area contributed by atoms with Crippen LogP contribution in [0, 0.1) is 5.41 Å². The smallest absolute Gasteiger partial charge is 0.410 e. The average Bonchev–Trinajstić information content (AvgIpc) is 2.35. The van der Waals surface area contributed by atoms with Crippen molar-refractivity contribution < 1.29 is 19.1 Å². The zero-order chi connectivity index (χ0) is 14.5. The molecule has 1 fully saturated rings. The Morgan fingerprint density at radius 3 is 2.32 bits per heavy atom. The lowest BCUT2D eigenvalue weighted by Gasteiger charge is -2.38. The summed E-state index contributed by atoms with van der Waals surface area (Å²) in [4.78, 5) is 24.9. The summed E-state index contributed by atoms with van der Waals surface area (Å²) in [5, 5.41) is 0. The molecule has 0 aromatic rings. The first-order valence-electron chi connectivity index (χ1n) is 6.75. The maximum atomic E-state index is 11.9. The molecule has 5 nitrogen and oxygen atoms in total. The van der Waals surface area contributed by atoms with Crippen LogP contribution >= 0.6 is 0 Å². The fraction of sp³-hybridized carbons (Fsp3) is 0.857. The summed E-state index contributed by atoms with van der Waals surface area (Å²) in [6.45, 7) is 7.26. The van der Waals surface area contributed by atoms with Crippen molar-refractivity contribution in [1.82, 2.24) is 4.90 Å². The van der Waals surface area contributed by atoms with E-state index in [-0.39, 0.29) is 11.5 Å². The van der Waals surface area contributed by atoms with Crippen molar-refractivity contribution in [3.63, 3.8) is 0 Å². The molecule has 0 bridgehead atoms. The fourth-order valence-electron chi connectivity index (χ4n) is 2.19. The third-order valence-corrected chi connectivity index (χ3v) is 3.46. The molecule has 1 aliphatic rings. The van der Waals surface area contributed by atoms with Crippen LogP contribution in [0.2, 0.25) is 0 Å². The molecule has 1 rings (SSSR count). The van der Waals surface area contributed by atoms with Gasteiger partial charge in [-0.2, -0.15) is 0 Å². The minimum atomic E-state index is -0.480. The van der Waals surface area contributed by atoms with Crippen molar-refractivity contribution in [2.24, 2.45) is 5.41 Å². The summed E-state index contributed by atoms with van der Waals surface area (Å²) in [6, 6.07) is 0. The SMILES string of the molecule is COCCC1(C=O)CCN(C(=O)OC(C)(C)C)CC1. The number of hydrogen-bond acceptors (Lipinski definition) is 4. The molecule has 19 heavy (non-hydrogen) atoms. The molecule has 0 aliphatic carbocycles. The van der Waals surface area contributed by atoms with E-state index in [0.29, 0.717) is 32.5 Å². The first-order chi connectivity index (χ1) is 8.82. The first-order valence-corrected chi connectivity index (χ1v) is 6.75. The summed E-state index contributed by atoms with van der Waals surface area (Å²) < 4.78 is 10.4. The predicted octanol–water partition coefficient (Wildman–Crippen LogP) is 2.24. The Morgan fingerprint density at radius 1 is 1.32 bits per heavy atom. The number of amides is 1. The predicted molar refractivity (Wildman–Crippen MR) is 72.0 cm³/mol. The summed E-state index contributed by atoms with van der Waals surface area (Å²) >= 11 is 0. The second-order valence-corrected chi connectivity index (χ2v) is 6.19. The standard InChI is InChI=1S/C14H25NO4/c1-13(2,3)19-12(17)15-8-5-14(11-16,6-9-15)7-10-18-4/h11H,5-10H2,1-4H3. The highest BCUT2D eigenvalue weighted by Crippen LogP contribution is 2.33. The number of methoxy groups -OCH3 is 1. The molecule has 0 radical (unpaired) electrons. The van der Waals surface area contributed by atoms with Crippen LogP contribution in [0.25, 0.3) is 0 Å². The van der Waals surface area contributed by atoms with Crippen LogP contribution in [0.15, 0.2) is 0 Å². The Kier molecular flexibility index (Phi) is 5.35. The number of rotatable bonds is 4. The van der Waals surface area contributed by atoms with Gasteiger partial charge in [-0.05, 0) is 40.0 Å². The second-order valence-electron chi connectivity index (χ2n) is 6.19. The van der Waals surface area contributed by atoms with Gasteiger partial charge in [-0.15, -0.1) is 0 Å². The minimum Gasteiger partial charge on any atom is -0.444 e. The number of carbonyl (C=O) groups is 2. The first kappa shape index (κ1) is 16.0. The van der Waals surface area contributed by atoms with Crippen molar-refractivity contribution in [2.75, 3.05) is 26.8 Å². The van der Waals surface area contributed by atoms with Crippen LogP contribution in [0.5, 0.6) is 0 Å².